The molecule has 0 atom stereocenters. The molecular weight excluding hydrogens is 294 g/mol. The Kier molecular flexibility index (Phi) is 3.26. The molecule has 0 N–H and O–H groups in total. The first-order valence-electron chi connectivity index (χ1n) is 5.80. The minimum Gasteiger partial charge on any atom is -0.285 e. The molecule has 2 aromatic heterocycles. The van der Waals surface area contributed by atoms with E-state index in [4.69, 9.17) is 16.9 Å². The Bertz CT molecular complexity index is 874. The summed E-state index contributed by atoms with van der Waals surface area (Å²) in [6.07, 6.45) is 1.41. The minimum absolute atomic E-state index is 0.00230. The van der Waals surface area contributed by atoms with Gasteiger partial charge in [-0.05, 0) is 17.7 Å². The summed E-state index contributed by atoms with van der Waals surface area (Å²) < 4.78 is 1.31. The van der Waals surface area contributed by atoms with E-state index >= 15 is 0 Å². The zero-order chi connectivity index (χ0) is 14.1. The largest absolute Gasteiger partial charge is 0.285 e. The Morgan fingerprint density at radius 2 is 2.10 bits per heavy atom. The van der Waals surface area contributed by atoms with E-state index in [0.717, 1.165) is 11.1 Å². The lowest BCUT2D eigenvalue weighted by atomic mass is 10.1. The highest BCUT2D eigenvalue weighted by atomic mass is 35.5. The van der Waals surface area contributed by atoms with Crippen molar-refractivity contribution in [2.45, 2.75) is 6.54 Å². The van der Waals surface area contributed by atoms with E-state index in [0.29, 0.717) is 15.2 Å². The van der Waals surface area contributed by atoms with Gasteiger partial charge in [0.2, 0.25) is 0 Å². The highest BCUT2D eigenvalue weighted by Gasteiger charge is 2.12. The van der Waals surface area contributed by atoms with E-state index in [2.05, 4.69) is 4.98 Å². The van der Waals surface area contributed by atoms with Crippen LogP contribution >= 0.6 is 22.9 Å². The van der Waals surface area contributed by atoms with Crippen LogP contribution in [-0.2, 0) is 6.54 Å². The molecule has 0 fully saturated rings. The Morgan fingerprint density at radius 3 is 2.80 bits per heavy atom. The monoisotopic (exact) mass is 301 g/mol. The van der Waals surface area contributed by atoms with Crippen LogP contribution < -0.4 is 5.56 Å². The van der Waals surface area contributed by atoms with Gasteiger partial charge in [-0.15, -0.1) is 11.3 Å². The van der Waals surface area contributed by atoms with Crippen LogP contribution in [0.2, 0.25) is 5.02 Å². The van der Waals surface area contributed by atoms with Crippen LogP contribution in [0.4, 0.5) is 0 Å². The molecule has 3 rings (SSSR count). The van der Waals surface area contributed by atoms with Crippen molar-refractivity contribution in [1.82, 2.24) is 9.55 Å². The van der Waals surface area contributed by atoms with Gasteiger partial charge in [0.25, 0.3) is 5.56 Å². The SMILES string of the molecule is N#CCn1cnc2scc(-c3ccc(Cl)cc3)c2c1=O. The fourth-order valence-electron chi connectivity index (χ4n) is 2.00. The smallest absolute Gasteiger partial charge is 0.263 e. The lowest BCUT2D eigenvalue weighted by molar-refractivity contribution is 0.777. The van der Waals surface area contributed by atoms with E-state index in [1.165, 1.54) is 22.2 Å². The van der Waals surface area contributed by atoms with Crippen molar-refractivity contribution in [2.24, 2.45) is 0 Å². The molecule has 0 aliphatic carbocycles. The van der Waals surface area contributed by atoms with Crippen molar-refractivity contribution in [2.75, 3.05) is 0 Å². The first-order valence-corrected chi connectivity index (χ1v) is 7.06. The van der Waals surface area contributed by atoms with Crippen molar-refractivity contribution < 1.29 is 0 Å². The van der Waals surface area contributed by atoms with Crippen LogP contribution in [0.5, 0.6) is 0 Å². The van der Waals surface area contributed by atoms with E-state index in [1.807, 2.05) is 23.6 Å². The third kappa shape index (κ3) is 2.09. The maximum Gasteiger partial charge on any atom is 0.263 e. The first-order chi connectivity index (χ1) is 9.70. The van der Waals surface area contributed by atoms with Gasteiger partial charge >= 0.3 is 0 Å². The summed E-state index contributed by atoms with van der Waals surface area (Å²) in [6, 6.07) is 9.25. The molecule has 0 aliphatic rings. The fraction of sp³-hybridized carbons (Fsp3) is 0.0714. The van der Waals surface area contributed by atoms with Gasteiger partial charge in [-0.25, -0.2) is 4.98 Å². The molecule has 0 aliphatic heterocycles. The van der Waals surface area contributed by atoms with Crippen LogP contribution in [0, 0.1) is 11.3 Å². The molecule has 98 valence electrons. The van der Waals surface area contributed by atoms with Crippen LogP contribution in [0.15, 0.2) is 40.8 Å². The molecule has 6 heteroatoms. The molecule has 2 heterocycles. The second-order valence-corrected chi connectivity index (χ2v) is 5.47. The highest BCUT2D eigenvalue weighted by Crippen LogP contribution is 2.31. The van der Waals surface area contributed by atoms with Crippen molar-refractivity contribution in [3.63, 3.8) is 0 Å². The normalized spacial score (nSPS) is 10.6. The fourth-order valence-corrected chi connectivity index (χ4v) is 3.03. The number of nitriles is 1. The lowest BCUT2D eigenvalue weighted by Gasteiger charge is -2.02. The molecule has 0 unspecified atom stereocenters. The second-order valence-electron chi connectivity index (χ2n) is 4.17. The molecule has 0 saturated carbocycles. The Balaban J connectivity index is 2.27. The van der Waals surface area contributed by atoms with Crippen molar-refractivity contribution in [1.29, 1.82) is 5.26 Å². The van der Waals surface area contributed by atoms with Crippen LogP contribution in [-0.4, -0.2) is 9.55 Å². The number of hydrogen-bond donors (Lipinski definition) is 0. The molecule has 20 heavy (non-hydrogen) atoms. The Hall–Kier alpha value is -2.16. The summed E-state index contributed by atoms with van der Waals surface area (Å²) >= 11 is 7.29. The predicted molar refractivity (Wildman–Crippen MR) is 79.9 cm³/mol. The molecule has 0 saturated heterocycles. The maximum atomic E-state index is 12.4. The minimum atomic E-state index is -0.192. The van der Waals surface area contributed by atoms with Crippen LogP contribution in [0.25, 0.3) is 21.3 Å². The van der Waals surface area contributed by atoms with Gasteiger partial charge in [0.1, 0.15) is 17.7 Å². The van der Waals surface area contributed by atoms with Crippen molar-refractivity contribution >= 4 is 33.2 Å². The van der Waals surface area contributed by atoms with Gasteiger partial charge in [0.15, 0.2) is 0 Å². The number of fused-ring (bicyclic) bond motifs is 1. The van der Waals surface area contributed by atoms with E-state index in [9.17, 15) is 4.79 Å². The molecule has 0 radical (unpaired) electrons. The lowest BCUT2D eigenvalue weighted by Crippen LogP contribution is -2.19. The number of thiophene rings is 1. The number of halogens is 1. The molecule has 0 bridgehead atoms. The van der Waals surface area contributed by atoms with E-state index in [1.54, 1.807) is 12.1 Å². The third-order valence-electron chi connectivity index (χ3n) is 2.96. The number of nitrogens with zero attached hydrogens (tertiary/aromatic N) is 3. The van der Waals surface area contributed by atoms with Gasteiger partial charge in [0, 0.05) is 16.0 Å². The van der Waals surface area contributed by atoms with Gasteiger partial charge in [-0.1, -0.05) is 23.7 Å². The molecule has 1 aromatic carbocycles. The predicted octanol–water partition coefficient (Wildman–Crippen LogP) is 3.30. The highest BCUT2D eigenvalue weighted by molar-refractivity contribution is 7.17. The number of rotatable bonds is 2. The second kappa shape index (κ2) is 5.08. The standard InChI is InChI=1S/C14H8ClN3OS/c15-10-3-1-9(2-4-10)11-7-20-13-12(11)14(19)18(6-5-16)8-17-13/h1-4,7-8H,6H2. The average molecular weight is 302 g/mol. The quantitative estimate of drug-likeness (QED) is 0.729. The summed E-state index contributed by atoms with van der Waals surface area (Å²) in [5.41, 5.74) is 1.54. The van der Waals surface area contributed by atoms with Crippen LogP contribution in [0.1, 0.15) is 0 Å². The molecule has 0 spiro atoms. The third-order valence-corrected chi connectivity index (χ3v) is 4.10. The summed E-state index contributed by atoms with van der Waals surface area (Å²) in [4.78, 5) is 17.3. The number of hydrogen-bond acceptors (Lipinski definition) is 4. The summed E-state index contributed by atoms with van der Waals surface area (Å²) in [7, 11) is 0. The van der Waals surface area contributed by atoms with Gasteiger partial charge in [-0.2, -0.15) is 5.26 Å². The zero-order valence-corrected chi connectivity index (χ0v) is 11.8. The van der Waals surface area contributed by atoms with Gasteiger partial charge in [-0.3, -0.25) is 9.36 Å². The average Bonchev–Trinajstić information content (AvgIpc) is 2.88. The van der Waals surface area contributed by atoms with E-state index in [-0.39, 0.29) is 12.1 Å². The maximum absolute atomic E-state index is 12.4. The van der Waals surface area contributed by atoms with Crippen LogP contribution in [0.3, 0.4) is 0 Å². The van der Waals surface area contributed by atoms with Gasteiger partial charge in [0.05, 0.1) is 11.5 Å². The molecule has 4 nitrogen and oxygen atoms in total. The summed E-state index contributed by atoms with van der Waals surface area (Å²) in [6.45, 7) is -0.00230. The molecule has 3 aromatic rings. The Labute approximate surface area is 123 Å². The molecule has 0 amide bonds. The number of benzene rings is 1. The van der Waals surface area contributed by atoms with Gasteiger partial charge < -0.3 is 0 Å². The molecular formula is C14H8ClN3OS. The Morgan fingerprint density at radius 1 is 1.35 bits per heavy atom. The summed E-state index contributed by atoms with van der Waals surface area (Å²) in [5, 5.41) is 11.8. The zero-order valence-electron chi connectivity index (χ0n) is 10.2. The van der Waals surface area contributed by atoms with Crippen molar-refractivity contribution in [3.8, 4) is 17.2 Å². The number of aromatic nitrogens is 2. The van der Waals surface area contributed by atoms with E-state index < -0.39 is 0 Å². The topological polar surface area (TPSA) is 58.7 Å². The summed E-state index contributed by atoms with van der Waals surface area (Å²) in [5.74, 6) is 0. The first kappa shape index (κ1) is 12.9. The van der Waals surface area contributed by atoms with Crippen molar-refractivity contribution in [3.05, 3.63) is 51.3 Å².